The van der Waals surface area contributed by atoms with Gasteiger partial charge in [0.15, 0.2) is 0 Å². The summed E-state index contributed by atoms with van der Waals surface area (Å²) in [5, 5.41) is 0. The molecule has 4 heteroatoms. The fraction of sp³-hybridized carbons (Fsp3) is 0.182. The lowest BCUT2D eigenvalue weighted by molar-refractivity contribution is 0.415. The molecule has 0 bridgehead atoms. The molecule has 0 aliphatic heterocycles. The van der Waals surface area contributed by atoms with Gasteiger partial charge in [-0.1, -0.05) is 6.07 Å². The van der Waals surface area contributed by atoms with Gasteiger partial charge >= 0.3 is 0 Å². The first-order valence-corrected chi connectivity index (χ1v) is 4.54. The van der Waals surface area contributed by atoms with Gasteiger partial charge in [0.05, 0.1) is 12.8 Å². The molecule has 0 amide bonds. The van der Waals surface area contributed by atoms with Crippen LogP contribution in [0.5, 0.6) is 5.75 Å². The van der Waals surface area contributed by atoms with Crippen molar-refractivity contribution in [3.05, 3.63) is 36.0 Å². The summed E-state index contributed by atoms with van der Waals surface area (Å²) in [5.74, 6) is 1.16. The van der Waals surface area contributed by atoms with Gasteiger partial charge in [0.2, 0.25) is 0 Å². The van der Waals surface area contributed by atoms with Crippen molar-refractivity contribution in [3.63, 3.8) is 0 Å². The Morgan fingerprint density at radius 2 is 2.20 bits per heavy atom. The molecule has 1 rings (SSSR count). The molecule has 4 nitrogen and oxygen atoms in total. The molecule has 0 atom stereocenters. The minimum Gasteiger partial charge on any atom is -0.497 e. The first-order chi connectivity index (χ1) is 7.17. The smallest absolute Gasteiger partial charge is 0.128 e. The summed E-state index contributed by atoms with van der Waals surface area (Å²) in [6.07, 6.45) is 1.43. The van der Waals surface area contributed by atoms with Gasteiger partial charge in [-0.15, -0.1) is 0 Å². The van der Waals surface area contributed by atoms with Gasteiger partial charge < -0.3 is 16.2 Å². The van der Waals surface area contributed by atoms with E-state index in [4.69, 9.17) is 16.2 Å². The highest BCUT2D eigenvalue weighted by Gasteiger charge is 1.97. The third kappa shape index (κ3) is 3.02. The fourth-order valence-electron chi connectivity index (χ4n) is 0.993. The van der Waals surface area contributed by atoms with E-state index in [0.29, 0.717) is 5.84 Å². The molecule has 0 heterocycles. The normalized spacial score (nSPS) is 12.7. The molecular weight excluding hydrogens is 190 g/mol. The fourth-order valence-corrected chi connectivity index (χ4v) is 0.993. The van der Waals surface area contributed by atoms with Crippen molar-refractivity contribution in [1.29, 1.82) is 0 Å². The van der Waals surface area contributed by atoms with Gasteiger partial charge in [0, 0.05) is 17.8 Å². The van der Waals surface area contributed by atoms with Gasteiger partial charge in [-0.2, -0.15) is 0 Å². The Morgan fingerprint density at radius 1 is 1.47 bits per heavy atom. The predicted molar refractivity (Wildman–Crippen MR) is 62.2 cm³/mol. The summed E-state index contributed by atoms with van der Waals surface area (Å²) < 4.78 is 5.07. The van der Waals surface area contributed by atoms with Gasteiger partial charge in [0.25, 0.3) is 0 Å². The van der Waals surface area contributed by atoms with Crippen LogP contribution in [0.2, 0.25) is 0 Å². The topological polar surface area (TPSA) is 73.6 Å². The quantitative estimate of drug-likeness (QED) is 0.580. The number of methoxy groups -OCH3 is 1. The van der Waals surface area contributed by atoms with Crippen LogP contribution in [-0.4, -0.2) is 12.9 Å². The zero-order valence-corrected chi connectivity index (χ0v) is 8.90. The molecule has 0 saturated heterocycles. The van der Waals surface area contributed by atoms with E-state index < -0.39 is 0 Å². The number of hydrogen-bond acceptors (Lipinski definition) is 3. The number of amidine groups is 1. The van der Waals surface area contributed by atoms with Crippen molar-refractivity contribution in [3.8, 4) is 5.75 Å². The second-order valence-corrected chi connectivity index (χ2v) is 3.05. The van der Waals surface area contributed by atoms with Crippen LogP contribution in [0.1, 0.15) is 6.92 Å². The monoisotopic (exact) mass is 205 g/mol. The molecule has 15 heavy (non-hydrogen) atoms. The molecule has 0 aliphatic carbocycles. The van der Waals surface area contributed by atoms with Crippen LogP contribution >= 0.6 is 0 Å². The van der Waals surface area contributed by atoms with E-state index >= 15 is 0 Å². The van der Waals surface area contributed by atoms with Crippen molar-refractivity contribution in [2.24, 2.45) is 16.5 Å². The number of hydrogen-bond donors (Lipinski definition) is 2. The summed E-state index contributed by atoms with van der Waals surface area (Å²) in [5.41, 5.74) is 12.5. The Hall–Kier alpha value is -1.97. The maximum Gasteiger partial charge on any atom is 0.128 e. The van der Waals surface area contributed by atoms with E-state index in [1.165, 1.54) is 6.20 Å². The van der Waals surface area contributed by atoms with Gasteiger partial charge in [0.1, 0.15) is 11.6 Å². The van der Waals surface area contributed by atoms with E-state index in [1.807, 2.05) is 18.2 Å². The largest absolute Gasteiger partial charge is 0.497 e. The zero-order chi connectivity index (χ0) is 11.3. The second kappa shape index (κ2) is 5.05. The highest BCUT2D eigenvalue weighted by molar-refractivity contribution is 5.97. The van der Waals surface area contributed by atoms with Crippen LogP contribution in [0.4, 0.5) is 5.69 Å². The van der Waals surface area contributed by atoms with E-state index in [2.05, 4.69) is 4.99 Å². The molecule has 80 valence electrons. The number of nitrogens with zero attached hydrogens (tertiary/aromatic N) is 1. The van der Waals surface area contributed by atoms with Crippen molar-refractivity contribution in [2.45, 2.75) is 6.92 Å². The summed E-state index contributed by atoms with van der Waals surface area (Å²) in [4.78, 5) is 4.20. The Balaban J connectivity index is 2.97. The molecule has 0 aliphatic rings. The Bertz CT molecular complexity index is 397. The lowest BCUT2D eigenvalue weighted by Gasteiger charge is -2.02. The van der Waals surface area contributed by atoms with Gasteiger partial charge in [-0.25, -0.2) is 4.99 Å². The number of rotatable bonds is 3. The maximum atomic E-state index is 5.71. The van der Waals surface area contributed by atoms with E-state index in [9.17, 15) is 0 Å². The molecule has 0 radical (unpaired) electrons. The third-order valence-corrected chi connectivity index (χ3v) is 1.96. The van der Waals surface area contributed by atoms with Crippen LogP contribution < -0.4 is 16.2 Å². The molecule has 0 fully saturated rings. The number of ether oxygens (including phenoxy) is 1. The molecule has 4 N–H and O–H groups in total. The number of benzene rings is 1. The highest BCUT2D eigenvalue weighted by Crippen LogP contribution is 2.19. The zero-order valence-electron chi connectivity index (χ0n) is 8.90. The summed E-state index contributed by atoms with van der Waals surface area (Å²) in [6.45, 7) is 1.80. The Kier molecular flexibility index (Phi) is 3.74. The van der Waals surface area contributed by atoms with Gasteiger partial charge in [-0.05, 0) is 19.1 Å². The van der Waals surface area contributed by atoms with Crippen LogP contribution in [0.3, 0.4) is 0 Å². The Morgan fingerprint density at radius 3 is 2.80 bits per heavy atom. The van der Waals surface area contributed by atoms with Crippen LogP contribution in [-0.2, 0) is 0 Å². The van der Waals surface area contributed by atoms with Crippen molar-refractivity contribution in [2.75, 3.05) is 7.11 Å². The average Bonchev–Trinajstić information content (AvgIpc) is 2.28. The molecule has 0 saturated carbocycles. The molecule has 1 aromatic rings. The molecule has 1 aromatic carbocycles. The first kappa shape index (κ1) is 11.1. The SMILES string of the molecule is COc1cccc(N=C(N)/C(C)=C\N)c1. The standard InChI is InChI=1S/C11H15N3O/c1-8(7-12)11(13)14-9-4-3-5-10(6-9)15-2/h3-7H,12H2,1-2H3,(H2,13,14)/b8-7-. The minimum atomic E-state index is 0.408. The maximum absolute atomic E-state index is 5.71. The lowest BCUT2D eigenvalue weighted by atomic mass is 10.3. The minimum absolute atomic E-state index is 0.408. The van der Waals surface area contributed by atoms with Crippen LogP contribution in [0.25, 0.3) is 0 Å². The summed E-state index contributed by atoms with van der Waals surface area (Å²) >= 11 is 0. The van der Waals surface area contributed by atoms with Crippen LogP contribution in [0.15, 0.2) is 41.0 Å². The third-order valence-electron chi connectivity index (χ3n) is 1.96. The number of aliphatic imine (C=N–C) groups is 1. The summed E-state index contributed by atoms with van der Waals surface area (Å²) in [6, 6.07) is 7.35. The van der Waals surface area contributed by atoms with E-state index in [0.717, 1.165) is 17.0 Å². The molecule has 0 spiro atoms. The van der Waals surface area contributed by atoms with Crippen molar-refractivity contribution >= 4 is 11.5 Å². The molecule has 0 aromatic heterocycles. The average molecular weight is 205 g/mol. The van der Waals surface area contributed by atoms with Crippen LogP contribution in [0, 0.1) is 0 Å². The molecular formula is C11H15N3O. The van der Waals surface area contributed by atoms with E-state index in [1.54, 1.807) is 20.1 Å². The van der Waals surface area contributed by atoms with E-state index in [-0.39, 0.29) is 0 Å². The highest BCUT2D eigenvalue weighted by atomic mass is 16.5. The Labute approximate surface area is 89.3 Å². The molecule has 0 unspecified atom stereocenters. The van der Waals surface area contributed by atoms with Crippen molar-refractivity contribution < 1.29 is 4.74 Å². The van der Waals surface area contributed by atoms with Gasteiger partial charge in [-0.3, -0.25) is 0 Å². The first-order valence-electron chi connectivity index (χ1n) is 4.54. The lowest BCUT2D eigenvalue weighted by Crippen LogP contribution is -2.13. The second-order valence-electron chi connectivity index (χ2n) is 3.05. The summed E-state index contributed by atoms with van der Waals surface area (Å²) in [7, 11) is 1.61. The number of nitrogens with two attached hydrogens (primary N) is 2. The predicted octanol–water partition coefficient (Wildman–Crippen LogP) is 1.55. The van der Waals surface area contributed by atoms with Crippen molar-refractivity contribution in [1.82, 2.24) is 0 Å².